The quantitative estimate of drug-likeness (QED) is 0.365. The van der Waals surface area contributed by atoms with Crippen LogP contribution in [0.5, 0.6) is 5.75 Å². The molecule has 0 fully saturated rings. The monoisotopic (exact) mass is 476 g/mol. The highest BCUT2D eigenvalue weighted by molar-refractivity contribution is 14.0. The molecule has 2 N–H and O–H groups in total. The van der Waals surface area contributed by atoms with Crippen molar-refractivity contribution in [2.24, 2.45) is 4.99 Å². The molecule has 0 spiro atoms. The topological polar surface area (TPSA) is 71.7 Å². The van der Waals surface area contributed by atoms with Gasteiger partial charge in [-0.2, -0.15) is 0 Å². The summed E-state index contributed by atoms with van der Waals surface area (Å²) in [5.74, 6) is 1.39. The van der Waals surface area contributed by atoms with Gasteiger partial charge in [-0.1, -0.05) is 17.3 Å². The Hall–Kier alpha value is -1.84. The van der Waals surface area contributed by atoms with Crippen LogP contribution < -0.4 is 15.4 Å². The third-order valence-electron chi connectivity index (χ3n) is 3.79. The molecule has 144 valence electrons. The molecular weight excluding hydrogens is 450 g/mol. The highest BCUT2D eigenvalue weighted by Gasteiger charge is 2.10. The van der Waals surface area contributed by atoms with E-state index in [1.807, 2.05) is 20.8 Å². The Morgan fingerprint density at radius 3 is 2.65 bits per heavy atom. The van der Waals surface area contributed by atoms with E-state index in [1.54, 1.807) is 25.2 Å². The van der Waals surface area contributed by atoms with E-state index < -0.39 is 0 Å². The fourth-order valence-electron chi connectivity index (χ4n) is 2.42. The minimum atomic E-state index is -0.365. The van der Waals surface area contributed by atoms with Crippen molar-refractivity contribution in [2.75, 3.05) is 20.1 Å². The second kappa shape index (κ2) is 11.0. The third-order valence-corrected chi connectivity index (χ3v) is 3.79. The number of guanidine groups is 1. The molecule has 1 aromatic carbocycles. The van der Waals surface area contributed by atoms with Gasteiger partial charge in [0.15, 0.2) is 17.5 Å². The van der Waals surface area contributed by atoms with Crippen molar-refractivity contribution in [3.8, 4) is 5.75 Å². The van der Waals surface area contributed by atoms with Gasteiger partial charge in [-0.25, -0.2) is 4.39 Å². The summed E-state index contributed by atoms with van der Waals surface area (Å²) in [6, 6.07) is 6.37. The Labute approximate surface area is 170 Å². The second-order valence-electron chi connectivity index (χ2n) is 5.79. The molecule has 1 atom stereocenters. The number of benzene rings is 1. The first kappa shape index (κ1) is 22.2. The van der Waals surface area contributed by atoms with Gasteiger partial charge in [-0.15, -0.1) is 24.0 Å². The third kappa shape index (κ3) is 6.47. The second-order valence-corrected chi connectivity index (χ2v) is 5.79. The first-order valence-corrected chi connectivity index (χ1v) is 8.28. The molecule has 0 saturated heterocycles. The molecule has 6 nitrogen and oxygen atoms in total. The summed E-state index contributed by atoms with van der Waals surface area (Å²) in [6.45, 7) is 6.91. The number of nitrogens with one attached hydrogen (secondary N) is 2. The number of aliphatic imine (C=N–C) groups is 1. The number of para-hydroxylation sites is 1. The van der Waals surface area contributed by atoms with Crippen molar-refractivity contribution in [3.05, 3.63) is 47.1 Å². The zero-order valence-electron chi connectivity index (χ0n) is 15.5. The minimum absolute atomic E-state index is 0. The first-order valence-electron chi connectivity index (χ1n) is 8.28. The van der Waals surface area contributed by atoms with Crippen molar-refractivity contribution >= 4 is 29.9 Å². The molecule has 1 heterocycles. The molecule has 0 radical (unpaired) electrons. The van der Waals surface area contributed by atoms with Gasteiger partial charge in [0.1, 0.15) is 11.9 Å². The largest absolute Gasteiger partial charge is 0.486 e. The molecule has 8 heteroatoms. The van der Waals surface area contributed by atoms with Crippen LogP contribution in [0.3, 0.4) is 0 Å². The van der Waals surface area contributed by atoms with Crippen LogP contribution in [0.4, 0.5) is 4.39 Å². The Morgan fingerprint density at radius 1 is 1.31 bits per heavy atom. The van der Waals surface area contributed by atoms with Gasteiger partial charge < -0.3 is 19.9 Å². The van der Waals surface area contributed by atoms with Crippen LogP contribution in [0.1, 0.15) is 23.9 Å². The van der Waals surface area contributed by atoms with Gasteiger partial charge in [0, 0.05) is 19.2 Å². The van der Waals surface area contributed by atoms with Crippen molar-refractivity contribution in [2.45, 2.75) is 33.3 Å². The average molecular weight is 476 g/mol. The van der Waals surface area contributed by atoms with E-state index in [0.29, 0.717) is 19.0 Å². The highest BCUT2D eigenvalue weighted by atomic mass is 127. The Balaban J connectivity index is 0.00000338. The summed E-state index contributed by atoms with van der Waals surface area (Å²) in [7, 11) is 1.70. The van der Waals surface area contributed by atoms with Crippen molar-refractivity contribution in [1.29, 1.82) is 0 Å². The van der Waals surface area contributed by atoms with Gasteiger partial charge in [-0.3, -0.25) is 4.99 Å². The number of ether oxygens (including phenoxy) is 1. The Bertz CT molecular complexity index is 701. The lowest BCUT2D eigenvalue weighted by molar-refractivity contribution is 0.214. The van der Waals surface area contributed by atoms with Crippen LogP contribution in [0, 0.1) is 19.7 Å². The maximum atomic E-state index is 13.6. The van der Waals surface area contributed by atoms with Gasteiger partial charge in [0.25, 0.3) is 0 Å². The molecule has 0 aliphatic heterocycles. The summed E-state index contributed by atoms with van der Waals surface area (Å²) >= 11 is 0. The summed E-state index contributed by atoms with van der Waals surface area (Å²) in [6.07, 6.45) is 0.585. The summed E-state index contributed by atoms with van der Waals surface area (Å²) in [5, 5.41) is 10.3. The van der Waals surface area contributed by atoms with E-state index >= 15 is 0 Å². The number of hydrogen-bond donors (Lipinski definition) is 2. The predicted octanol–water partition coefficient (Wildman–Crippen LogP) is 3.22. The van der Waals surface area contributed by atoms with Gasteiger partial charge >= 0.3 is 0 Å². The van der Waals surface area contributed by atoms with Crippen LogP contribution in [-0.2, 0) is 6.42 Å². The lowest BCUT2D eigenvalue weighted by Gasteiger charge is -2.18. The standard InChI is InChI=1S/C18H25FN4O2.HI/c1-12(24-17-8-6-5-7-16(17)19)11-22-18(20-4)21-10-9-15-13(2)23-25-14(15)3;/h5-8,12H,9-11H2,1-4H3,(H2,20,21,22);1H. The van der Waals surface area contributed by atoms with Gasteiger partial charge in [-0.05, 0) is 39.3 Å². The number of aromatic nitrogens is 1. The van der Waals surface area contributed by atoms with E-state index in [-0.39, 0.29) is 41.6 Å². The number of nitrogens with zero attached hydrogens (tertiary/aromatic N) is 2. The molecule has 2 rings (SSSR count). The van der Waals surface area contributed by atoms with E-state index in [4.69, 9.17) is 9.26 Å². The maximum Gasteiger partial charge on any atom is 0.191 e. The van der Waals surface area contributed by atoms with Gasteiger partial charge in [0.2, 0.25) is 0 Å². The SMILES string of the molecule is CN=C(NCCc1c(C)noc1C)NCC(C)Oc1ccccc1F.I. The Morgan fingerprint density at radius 2 is 2.04 bits per heavy atom. The average Bonchev–Trinajstić information content (AvgIpc) is 2.91. The van der Waals surface area contributed by atoms with E-state index in [2.05, 4.69) is 20.8 Å². The van der Waals surface area contributed by atoms with Gasteiger partial charge in [0.05, 0.1) is 12.2 Å². The van der Waals surface area contributed by atoms with Crippen LogP contribution in [0.15, 0.2) is 33.8 Å². The highest BCUT2D eigenvalue weighted by Crippen LogP contribution is 2.16. The van der Waals surface area contributed by atoms with E-state index in [1.165, 1.54) is 6.07 Å². The lowest BCUT2D eigenvalue weighted by atomic mass is 10.1. The molecule has 1 aromatic heterocycles. The molecule has 0 saturated carbocycles. The minimum Gasteiger partial charge on any atom is -0.486 e. The van der Waals surface area contributed by atoms with Crippen LogP contribution >= 0.6 is 24.0 Å². The van der Waals surface area contributed by atoms with Crippen LogP contribution in [-0.4, -0.2) is 37.4 Å². The molecule has 2 aromatic rings. The maximum absolute atomic E-state index is 13.6. The molecule has 0 aliphatic carbocycles. The molecule has 0 aliphatic rings. The van der Waals surface area contributed by atoms with Crippen molar-refractivity contribution in [3.63, 3.8) is 0 Å². The molecule has 0 bridgehead atoms. The smallest absolute Gasteiger partial charge is 0.191 e. The number of rotatable bonds is 7. The lowest BCUT2D eigenvalue weighted by Crippen LogP contribution is -2.42. The van der Waals surface area contributed by atoms with E-state index in [9.17, 15) is 4.39 Å². The van der Waals surface area contributed by atoms with Crippen molar-refractivity contribution in [1.82, 2.24) is 15.8 Å². The number of aryl methyl sites for hydroxylation is 2. The zero-order valence-corrected chi connectivity index (χ0v) is 17.8. The fourth-order valence-corrected chi connectivity index (χ4v) is 2.42. The van der Waals surface area contributed by atoms with Crippen molar-refractivity contribution < 1.29 is 13.7 Å². The summed E-state index contributed by atoms with van der Waals surface area (Å²) in [5.41, 5.74) is 2.02. The molecule has 0 amide bonds. The molecule has 1 unspecified atom stereocenters. The zero-order chi connectivity index (χ0) is 18.2. The normalized spacial score (nSPS) is 12.3. The number of hydrogen-bond acceptors (Lipinski definition) is 4. The predicted molar refractivity (Wildman–Crippen MR) is 111 cm³/mol. The van der Waals surface area contributed by atoms with E-state index in [0.717, 1.165) is 23.4 Å². The van der Waals surface area contributed by atoms with Crippen LogP contribution in [0.25, 0.3) is 0 Å². The fraction of sp³-hybridized carbons (Fsp3) is 0.444. The first-order chi connectivity index (χ1) is 12.0. The molecule has 26 heavy (non-hydrogen) atoms. The Kier molecular flexibility index (Phi) is 9.39. The van der Waals surface area contributed by atoms with Crippen LogP contribution in [0.2, 0.25) is 0 Å². The summed E-state index contributed by atoms with van der Waals surface area (Å²) in [4.78, 5) is 4.17. The number of halogens is 2. The summed E-state index contributed by atoms with van der Waals surface area (Å²) < 4.78 is 24.3. The molecular formula is C18H26FIN4O2.